The molecule has 2 rings (SSSR count). The molecule has 0 aliphatic carbocycles. The second kappa shape index (κ2) is 8.71. The maximum absolute atomic E-state index is 12.5. The van der Waals surface area contributed by atoms with Crippen LogP contribution in [0.5, 0.6) is 0 Å². The molecule has 0 radical (unpaired) electrons. The predicted molar refractivity (Wildman–Crippen MR) is 92.9 cm³/mol. The van der Waals surface area contributed by atoms with Gasteiger partial charge in [-0.15, -0.1) is 11.3 Å². The Morgan fingerprint density at radius 1 is 1.33 bits per heavy atom. The summed E-state index contributed by atoms with van der Waals surface area (Å²) in [5, 5.41) is 3.18. The molecule has 130 valence electrons. The molecule has 4 nitrogen and oxygen atoms in total. The number of amides is 1. The van der Waals surface area contributed by atoms with Gasteiger partial charge < -0.3 is 10.6 Å². The summed E-state index contributed by atoms with van der Waals surface area (Å²) in [4.78, 5) is 17.6. The minimum atomic E-state index is -2.60. The fraction of sp³-hybridized carbons (Fsp3) is 0.333. The van der Waals surface area contributed by atoms with Gasteiger partial charge in [0.2, 0.25) is 5.91 Å². The molecule has 0 saturated carbocycles. The number of benzene rings is 1. The van der Waals surface area contributed by atoms with Crippen LogP contribution in [0.1, 0.15) is 5.69 Å². The van der Waals surface area contributed by atoms with E-state index in [0.717, 1.165) is 4.90 Å². The highest BCUT2D eigenvalue weighted by atomic mass is 35.5. The van der Waals surface area contributed by atoms with E-state index in [-0.39, 0.29) is 19.5 Å². The second-order valence-corrected chi connectivity index (χ2v) is 6.61. The summed E-state index contributed by atoms with van der Waals surface area (Å²) in [7, 11) is 0. The first-order valence-corrected chi connectivity index (χ1v) is 8.70. The van der Waals surface area contributed by atoms with Crippen molar-refractivity contribution in [2.45, 2.75) is 12.8 Å². The van der Waals surface area contributed by atoms with Crippen LogP contribution in [-0.2, 0) is 11.2 Å². The third kappa shape index (κ3) is 4.86. The van der Waals surface area contributed by atoms with Crippen LogP contribution in [0.2, 0.25) is 10.0 Å². The summed E-state index contributed by atoms with van der Waals surface area (Å²) in [5.41, 5.74) is 6.44. The molecule has 0 bridgehead atoms. The zero-order valence-corrected chi connectivity index (χ0v) is 14.8. The van der Waals surface area contributed by atoms with Gasteiger partial charge in [0.1, 0.15) is 5.01 Å². The van der Waals surface area contributed by atoms with E-state index >= 15 is 0 Å². The average molecular weight is 394 g/mol. The van der Waals surface area contributed by atoms with Crippen LogP contribution in [0.15, 0.2) is 23.6 Å². The summed E-state index contributed by atoms with van der Waals surface area (Å²) >= 11 is 13.6. The van der Waals surface area contributed by atoms with E-state index in [1.165, 1.54) is 11.3 Å². The van der Waals surface area contributed by atoms with Crippen molar-refractivity contribution >= 4 is 40.4 Å². The smallest absolute Gasteiger partial charge is 0.255 e. The molecule has 1 aromatic carbocycles. The summed E-state index contributed by atoms with van der Waals surface area (Å²) in [6.07, 6.45) is -2.68. The van der Waals surface area contributed by atoms with E-state index < -0.39 is 18.9 Å². The standard InChI is InChI=1S/C15H15Cl2F2N3OS/c16-10-2-1-3-11(17)14(10)15-21-9(8-24-15)6-13(23)22(5-4-20)7-12(18)19/h1-3,8,12H,4-7,20H2. The van der Waals surface area contributed by atoms with Crippen LogP contribution in [0.4, 0.5) is 8.78 Å². The van der Waals surface area contributed by atoms with Gasteiger partial charge in [-0.25, -0.2) is 13.8 Å². The molecule has 1 aromatic heterocycles. The fourth-order valence-corrected chi connectivity index (χ4v) is 3.69. The number of halogens is 4. The number of nitrogens with two attached hydrogens (primary N) is 1. The van der Waals surface area contributed by atoms with Gasteiger partial charge in [-0.2, -0.15) is 0 Å². The first kappa shape index (κ1) is 19.1. The first-order chi connectivity index (χ1) is 11.4. The minimum Gasteiger partial charge on any atom is -0.335 e. The van der Waals surface area contributed by atoms with Gasteiger partial charge in [0.05, 0.1) is 28.7 Å². The Kier molecular flexibility index (Phi) is 6.91. The van der Waals surface area contributed by atoms with E-state index in [1.807, 2.05) is 0 Å². The lowest BCUT2D eigenvalue weighted by molar-refractivity contribution is -0.132. The highest BCUT2D eigenvalue weighted by molar-refractivity contribution is 7.13. The molecule has 2 N–H and O–H groups in total. The van der Waals surface area contributed by atoms with Gasteiger partial charge in [-0.3, -0.25) is 4.79 Å². The largest absolute Gasteiger partial charge is 0.335 e. The number of thiazole rings is 1. The lowest BCUT2D eigenvalue weighted by Crippen LogP contribution is -2.39. The number of alkyl halides is 2. The molecule has 0 saturated heterocycles. The zero-order chi connectivity index (χ0) is 17.7. The van der Waals surface area contributed by atoms with Crippen LogP contribution < -0.4 is 5.73 Å². The van der Waals surface area contributed by atoms with Crippen LogP contribution in [0, 0.1) is 0 Å². The molecular weight excluding hydrogens is 379 g/mol. The molecule has 0 unspecified atom stereocenters. The SMILES string of the molecule is NCCN(CC(F)F)C(=O)Cc1csc(-c2c(Cl)cccc2Cl)n1. The highest BCUT2D eigenvalue weighted by Gasteiger charge is 2.20. The van der Waals surface area contributed by atoms with Crippen molar-refractivity contribution in [3.63, 3.8) is 0 Å². The lowest BCUT2D eigenvalue weighted by Gasteiger charge is -2.21. The number of carbonyl (C=O) groups is 1. The van der Waals surface area contributed by atoms with Crippen molar-refractivity contribution in [2.24, 2.45) is 5.73 Å². The van der Waals surface area contributed by atoms with E-state index in [0.29, 0.717) is 26.3 Å². The van der Waals surface area contributed by atoms with E-state index in [9.17, 15) is 13.6 Å². The van der Waals surface area contributed by atoms with Crippen molar-refractivity contribution < 1.29 is 13.6 Å². The summed E-state index contributed by atoms with van der Waals surface area (Å²) in [6.45, 7) is -0.435. The maximum Gasteiger partial charge on any atom is 0.255 e. The highest BCUT2D eigenvalue weighted by Crippen LogP contribution is 2.36. The molecule has 1 amide bonds. The lowest BCUT2D eigenvalue weighted by atomic mass is 10.2. The van der Waals surface area contributed by atoms with E-state index in [1.54, 1.807) is 23.6 Å². The Bertz CT molecular complexity index is 692. The molecule has 1 heterocycles. The van der Waals surface area contributed by atoms with Crippen molar-refractivity contribution in [1.82, 2.24) is 9.88 Å². The molecule has 0 aliphatic heterocycles. The quantitative estimate of drug-likeness (QED) is 0.779. The number of carbonyl (C=O) groups excluding carboxylic acids is 1. The third-order valence-electron chi connectivity index (χ3n) is 3.17. The monoisotopic (exact) mass is 393 g/mol. The minimum absolute atomic E-state index is 0.0781. The number of rotatable bonds is 7. The van der Waals surface area contributed by atoms with Crippen molar-refractivity contribution in [3.8, 4) is 10.6 Å². The zero-order valence-electron chi connectivity index (χ0n) is 12.5. The number of nitrogens with zero attached hydrogens (tertiary/aromatic N) is 2. The molecular formula is C15H15Cl2F2N3OS. The normalized spacial score (nSPS) is 11.1. The predicted octanol–water partition coefficient (Wildman–Crippen LogP) is 3.71. The molecule has 0 fully saturated rings. The van der Waals surface area contributed by atoms with Gasteiger partial charge in [0.25, 0.3) is 6.43 Å². The van der Waals surface area contributed by atoms with E-state index in [4.69, 9.17) is 28.9 Å². The topological polar surface area (TPSA) is 59.2 Å². The summed E-state index contributed by atoms with van der Waals surface area (Å²) < 4.78 is 25.1. The molecule has 0 spiro atoms. The van der Waals surface area contributed by atoms with Crippen molar-refractivity contribution in [2.75, 3.05) is 19.6 Å². The molecule has 0 aliphatic rings. The van der Waals surface area contributed by atoms with Gasteiger partial charge in [0, 0.05) is 24.0 Å². The van der Waals surface area contributed by atoms with Gasteiger partial charge in [-0.1, -0.05) is 29.3 Å². The Hall–Kier alpha value is -1.28. The van der Waals surface area contributed by atoms with Gasteiger partial charge in [-0.05, 0) is 12.1 Å². The Balaban J connectivity index is 2.14. The van der Waals surface area contributed by atoms with Gasteiger partial charge >= 0.3 is 0 Å². The Morgan fingerprint density at radius 2 is 2.00 bits per heavy atom. The third-order valence-corrected chi connectivity index (χ3v) is 4.71. The van der Waals surface area contributed by atoms with Crippen LogP contribution in [-0.4, -0.2) is 41.9 Å². The Labute approximate surface area is 152 Å². The first-order valence-electron chi connectivity index (χ1n) is 7.07. The van der Waals surface area contributed by atoms with Crippen molar-refractivity contribution in [1.29, 1.82) is 0 Å². The van der Waals surface area contributed by atoms with Crippen LogP contribution in [0.25, 0.3) is 10.6 Å². The Morgan fingerprint density at radius 3 is 2.58 bits per heavy atom. The van der Waals surface area contributed by atoms with Crippen LogP contribution >= 0.6 is 34.5 Å². The fourth-order valence-electron chi connectivity index (χ4n) is 2.11. The average Bonchev–Trinajstić information content (AvgIpc) is 2.94. The number of hydrogen-bond acceptors (Lipinski definition) is 4. The molecule has 24 heavy (non-hydrogen) atoms. The number of hydrogen-bond donors (Lipinski definition) is 1. The molecule has 9 heteroatoms. The van der Waals surface area contributed by atoms with Crippen molar-refractivity contribution in [3.05, 3.63) is 39.3 Å². The maximum atomic E-state index is 12.5. The second-order valence-electron chi connectivity index (χ2n) is 4.94. The van der Waals surface area contributed by atoms with Crippen LogP contribution in [0.3, 0.4) is 0 Å². The summed E-state index contributed by atoms with van der Waals surface area (Å²) in [6, 6.07) is 5.11. The molecule has 2 aromatic rings. The summed E-state index contributed by atoms with van der Waals surface area (Å²) in [5.74, 6) is -0.442. The van der Waals surface area contributed by atoms with Gasteiger partial charge in [0.15, 0.2) is 0 Å². The van der Waals surface area contributed by atoms with E-state index in [2.05, 4.69) is 4.98 Å². The number of aromatic nitrogens is 1. The molecule has 0 atom stereocenters.